The lowest BCUT2D eigenvalue weighted by atomic mass is 9.92. The first kappa shape index (κ1) is 24.7. The molecular weight excluding hydrogens is 346 g/mol. The van der Waals surface area contributed by atoms with Gasteiger partial charge in [0.25, 0.3) is 0 Å². The maximum Gasteiger partial charge on any atom is 0.220 e. The molecule has 0 fully saturated rings. The molecule has 0 heterocycles. The third-order valence-electron chi connectivity index (χ3n) is 4.30. The zero-order valence-electron chi connectivity index (χ0n) is 16.7. The third kappa shape index (κ3) is 14.9. The van der Waals surface area contributed by atoms with Crippen molar-refractivity contribution >= 4 is 23.3 Å². The van der Waals surface area contributed by atoms with Gasteiger partial charge in [-0.3, -0.25) is 9.59 Å². The van der Waals surface area contributed by atoms with Crippen LogP contribution in [0.3, 0.4) is 0 Å². The number of allylic oxidation sites excluding steroid dienone is 5. The molecule has 1 N–H and O–H groups in total. The Labute approximate surface area is 165 Å². The number of hydrogen-bond acceptors (Lipinski definition) is 2. The Morgan fingerprint density at radius 2 is 1.73 bits per heavy atom. The van der Waals surface area contributed by atoms with Crippen LogP contribution >= 0.6 is 11.6 Å². The fourth-order valence-electron chi connectivity index (χ4n) is 2.53. The van der Waals surface area contributed by atoms with Crippen LogP contribution in [0.1, 0.15) is 72.1 Å². The van der Waals surface area contributed by atoms with E-state index in [9.17, 15) is 9.59 Å². The van der Waals surface area contributed by atoms with Crippen molar-refractivity contribution in [3.63, 3.8) is 0 Å². The van der Waals surface area contributed by atoms with E-state index < -0.39 is 0 Å². The second kappa shape index (κ2) is 17.1. The number of rotatable bonds is 15. The van der Waals surface area contributed by atoms with Crippen LogP contribution in [0.4, 0.5) is 0 Å². The van der Waals surface area contributed by atoms with E-state index in [0.29, 0.717) is 31.1 Å². The van der Waals surface area contributed by atoms with Crippen LogP contribution in [0.5, 0.6) is 0 Å². The normalized spacial score (nSPS) is 14.3. The molecule has 3 nitrogen and oxygen atoms in total. The molecule has 0 spiro atoms. The predicted molar refractivity (Wildman–Crippen MR) is 112 cm³/mol. The first-order valence-electron chi connectivity index (χ1n) is 9.87. The highest BCUT2D eigenvalue weighted by atomic mass is 35.5. The quantitative estimate of drug-likeness (QED) is 0.281. The van der Waals surface area contributed by atoms with E-state index in [1.807, 2.05) is 19.1 Å². The molecule has 0 bridgehead atoms. The van der Waals surface area contributed by atoms with Crippen molar-refractivity contribution in [2.45, 2.75) is 72.1 Å². The lowest BCUT2D eigenvalue weighted by Crippen LogP contribution is -2.26. The number of unbranched alkanes of at least 4 members (excludes halogenated alkanes) is 1. The van der Waals surface area contributed by atoms with E-state index in [2.05, 4.69) is 31.3 Å². The summed E-state index contributed by atoms with van der Waals surface area (Å²) in [7, 11) is 0. The van der Waals surface area contributed by atoms with Crippen LogP contribution in [0.15, 0.2) is 35.9 Å². The number of hydrogen-bond donors (Lipinski definition) is 1. The van der Waals surface area contributed by atoms with Crippen LogP contribution in [0.2, 0.25) is 0 Å². The molecule has 0 aromatic carbocycles. The minimum atomic E-state index is 0.0755. The summed E-state index contributed by atoms with van der Waals surface area (Å²) in [6, 6.07) is 0. The van der Waals surface area contributed by atoms with Gasteiger partial charge in [0, 0.05) is 30.8 Å². The maximum absolute atomic E-state index is 12.2. The molecule has 1 amide bonds. The largest absolute Gasteiger partial charge is 0.356 e. The zero-order chi connectivity index (χ0) is 19.6. The summed E-state index contributed by atoms with van der Waals surface area (Å²) < 4.78 is 0. The molecule has 0 saturated heterocycles. The van der Waals surface area contributed by atoms with Gasteiger partial charge in [-0.2, -0.15) is 0 Å². The van der Waals surface area contributed by atoms with Gasteiger partial charge in [-0.1, -0.05) is 69.2 Å². The van der Waals surface area contributed by atoms with E-state index in [1.165, 1.54) is 5.54 Å². The number of Topliss-reactive ketones (excluding diaryl/α,β-unsaturated/α-hetero) is 1. The van der Waals surface area contributed by atoms with Gasteiger partial charge in [-0.15, -0.1) is 0 Å². The SMILES string of the molecule is CCCC=CCCC(=O)NCCC(C)CC(=O)C(C)CCC=CC=CCl. The van der Waals surface area contributed by atoms with Crippen molar-refractivity contribution in [1.29, 1.82) is 0 Å². The smallest absolute Gasteiger partial charge is 0.220 e. The fraction of sp³-hybridized carbons (Fsp3) is 0.636. The van der Waals surface area contributed by atoms with Gasteiger partial charge in [0.05, 0.1) is 0 Å². The van der Waals surface area contributed by atoms with Crippen molar-refractivity contribution in [2.24, 2.45) is 11.8 Å². The standard InChI is InChI=1S/C22H36ClNO2/c1-4-5-6-7-11-14-22(26)24-17-15-19(2)18-21(25)20(3)13-10-8-9-12-16-23/h6-9,12,16,19-20H,4-5,10-11,13-15,17-18H2,1-3H3,(H,24,26). The lowest BCUT2D eigenvalue weighted by Gasteiger charge is -2.14. The van der Waals surface area contributed by atoms with Crippen molar-refractivity contribution in [2.75, 3.05) is 6.54 Å². The van der Waals surface area contributed by atoms with Gasteiger partial charge >= 0.3 is 0 Å². The average molecular weight is 382 g/mol. The molecule has 2 atom stereocenters. The fourth-order valence-corrected chi connectivity index (χ4v) is 2.62. The molecule has 0 aliphatic rings. The third-order valence-corrected chi connectivity index (χ3v) is 4.45. The van der Waals surface area contributed by atoms with Crippen molar-refractivity contribution in [3.05, 3.63) is 35.9 Å². The molecule has 0 aliphatic heterocycles. The molecule has 148 valence electrons. The Hall–Kier alpha value is -1.35. The van der Waals surface area contributed by atoms with E-state index in [4.69, 9.17) is 11.6 Å². The Balaban J connectivity index is 3.84. The summed E-state index contributed by atoms with van der Waals surface area (Å²) in [6.07, 6.45) is 16.6. The number of amides is 1. The highest BCUT2D eigenvalue weighted by molar-refractivity contribution is 6.25. The molecular formula is C22H36ClNO2. The van der Waals surface area contributed by atoms with E-state index in [0.717, 1.165) is 38.5 Å². The summed E-state index contributed by atoms with van der Waals surface area (Å²) >= 11 is 5.44. The lowest BCUT2D eigenvalue weighted by molar-refractivity contribution is -0.123. The van der Waals surface area contributed by atoms with E-state index in [1.54, 1.807) is 6.08 Å². The average Bonchev–Trinajstić information content (AvgIpc) is 2.61. The minimum absolute atomic E-state index is 0.0755. The summed E-state index contributed by atoms with van der Waals surface area (Å²) in [5.74, 6) is 0.776. The summed E-state index contributed by atoms with van der Waals surface area (Å²) in [5, 5.41) is 2.95. The van der Waals surface area contributed by atoms with Crippen LogP contribution in [-0.4, -0.2) is 18.2 Å². The number of nitrogens with one attached hydrogen (secondary N) is 1. The molecule has 0 rings (SSSR count). The monoisotopic (exact) mass is 381 g/mol. The number of ketones is 1. The van der Waals surface area contributed by atoms with Gasteiger partial charge < -0.3 is 5.32 Å². The van der Waals surface area contributed by atoms with Gasteiger partial charge in [0.15, 0.2) is 0 Å². The number of halogens is 1. The van der Waals surface area contributed by atoms with Crippen LogP contribution in [0.25, 0.3) is 0 Å². The molecule has 0 aliphatic carbocycles. The van der Waals surface area contributed by atoms with Crippen molar-refractivity contribution < 1.29 is 9.59 Å². The molecule has 4 heteroatoms. The summed E-state index contributed by atoms with van der Waals surface area (Å²) in [5.41, 5.74) is 1.47. The molecule has 0 radical (unpaired) electrons. The Morgan fingerprint density at radius 1 is 1.00 bits per heavy atom. The Kier molecular flexibility index (Phi) is 16.2. The second-order valence-corrected chi connectivity index (χ2v) is 7.19. The van der Waals surface area contributed by atoms with Gasteiger partial charge in [0.2, 0.25) is 5.91 Å². The maximum atomic E-state index is 12.2. The summed E-state index contributed by atoms with van der Waals surface area (Å²) in [6.45, 7) is 6.86. The first-order valence-corrected chi connectivity index (χ1v) is 10.3. The molecule has 0 aromatic rings. The summed E-state index contributed by atoms with van der Waals surface area (Å²) in [4.78, 5) is 24.0. The van der Waals surface area contributed by atoms with E-state index >= 15 is 0 Å². The number of carbonyl (C=O) groups is 2. The predicted octanol–water partition coefficient (Wildman–Crippen LogP) is 5.95. The van der Waals surface area contributed by atoms with Crippen molar-refractivity contribution in [3.8, 4) is 0 Å². The Bertz CT molecular complexity index is 469. The van der Waals surface area contributed by atoms with Gasteiger partial charge in [-0.25, -0.2) is 0 Å². The topological polar surface area (TPSA) is 46.2 Å². The van der Waals surface area contributed by atoms with Crippen molar-refractivity contribution in [1.82, 2.24) is 5.32 Å². The van der Waals surface area contributed by atoms with Crippen LogP contribution < -0.4 is 5.32 Å². The highest BCUT2D eigenvalue weighted by Gasteiger charge is 2.15. The van der Waals surface area contributed by atoms with Crippen LogP contribution in [0, 0.1) is 11.8 Å². The van der Waals surface area contributed by atoms with Gasteiger partial charge in [0.1, 0.15) is 5.78 Å². The Morgan fingerprint density at radius 3 is 2.42 bits per heavy atom. The molecule has 26 heavy (non-hydrogen) atoms. The molecule has 0 aromatic heterocycles. The number of carbonyl (C=O) groups excluding carboxylic acids is 2. The van der Waals surface area contributed by atoms with Crippen LogP contribution in [-0.2, 0) is 9.59 Å². The molecule has 0 saturated carbocycles. The zero-order valence-corrected chi connectivity index (χ0v) is 17.4. The minimum Gasteiger partial charge on any atom is -0.356 e. The second-order valence-electron chi connectivity index (χ2n) is 6.94. The highest BCUT2D eigenvalue weighted by Crippen LogP contribution is 2.15. The van der Waals surface area contributed by atoms with Gasteiger partial charge in [-0.05, 0) is 38.0 Å². The van der Waals surface area contributed by atoms with E-state index in [-0.39, 0.29) is 11.8 Å². The first-order chi connectivity index (χ1) is 12.5. The molecule has 2 unspecified atom stereocenters.